The molecule has 0 saturated heterocycles. The molecule has 0 aliphatic heterocycles. The van der Waals surface area contributed by atoms with Crippen LogP contribution in [0.4, 0.5) is 0 Å². The lowest BCUT2D eigenvalue weighted by molar-refractivity contribution is 0.669. The van der Waals surface area contributed by atoms with Gasteiger partial charge in [0.05, 0.1) is 39.0 Å². The van der Waals surface area contributed by atoms with E-state index in [1.54, 1.807) is 0 Å². The highest BCUT2D eigenvalue weighted by Gasteiger charge is 2.28. The van der Waals surface area contributed by atoms with Crippen molar-refractivity contribution in [2.24, 2.45) is 0 Å². The molecule has 0 amide bonds. The molecule has 0 atom stereocenters. The molecular weight excluding hydrogens is 1670 g/mol. The van der Waals surface area contributed by atoms with Gasteiger partial charge in [-0.25, -0.2) is 59.8 Å². The molecule has 16 heteroatoms. The Morgan fingerprint density at radius 3 is 0.941 bits per heavy atom. The van der Waals surface area contributed by atoms with Crippen molar-refractivity contribution >= 4 is 87.5 Å². The third-order valence-corrected chi connectivity index (χ3v) is 25.6. The Bertz CT molecular complexity index is 9160. The molecule has 0 saturated carbocycles. The van der Waals surface area contributed by atoms with Crippen LogP contribution in [0, 0.1) is 0 Å². The van der Waals surface area contributed by atoms with Gasteiger partial charge in [-0.2, -0.15) is 0 Å². The Morgan fingerprint density at radius 1 is 0.147 bits per heavy atom. The monoisotopic (exact) mass is 1740 g/mol. The Morgan fingerprint density at radius 2 is 0.441 bits per heavy atom. The first-order valence-corrected chi connectivity index (χ1v) is 45.1. The Kier molecular flexibility index (Phi) is 18.8. The van der Waals surface area contributed by atoms with Crippen molar-refractivity contribution in [3.63, 3.8) is 0 Å². The van der Waals surface area contributed by atoms with Crippen LogP contribution in [0.3, 0.4) is 0 Å². The van der Waals surface area contributed by atoms with E-state index in [2.05, 4.69) is 252 Å². The van der Waals surface area contributed by atoms with Gasteiger partial charge in [0.2, 0.25) is 0 Å². The average molecular weight is 1740 g/mol. The fourth-order valence-corrected chi connectivity index (χ4v) is 19.1. The first-order valence-electron chi connectivity index (χ1n) is 45.1. The van der Waals surface area contributed by atoms with Crippen LogP contribution in [0.2, 0.25) is 0 Å². The van der Waals surface area contributed by atoms with Crippen molar-refractivity contribution in [3.8, 4) is 181 Å². The zero-order valence-electron chi connectivity index (χ0n) is 72.6. The number of hydrogen-bond donors (Lipinski definition) is 0. The molecule has 634 valence electrons. The SMILES string of the molecule is c1ccc(-c2ccc3c4ccccc4n(-c4ccc(-c5nc(-c6ccccc6)nc(-c6cccc7c6oc6ccccc67)n5)cc4-c4nc(-c5ccccc5)nc(-c5ccc(-c6ccc7c(c6)oc6cc(-c8nc(-c9ccccc9)nc(-c9ccc(-n%10c%11ccccc%11c%11c(-c%12ccccc%12)cccc%11%10)c(-c%10nc(-c%11ccccc%11)nc(-c%11ccccc%11)n%10)c9)n8)ccc67)cc5)n4)c3c2)cc1. The maximum Gasteiger partial charge on any atom is 0.167 e. The van der Waals surface area contributed by atoms with Crippen molar-refractivity contribution in [2.75, 3.05) is 0 Å². The van der Waals surface area contributed by atoms with Crippen LogP contribution < -0.4 is 0 Å². The van der Waals surface area contributed by atoms with Gasteiger partial charge in [0.15, 0.2) is 69.9 Å². The zero-order chi connectivity index (χ0) is 89.7. The van der Waals surface area contributed by atoms with Gasteiger partial charge < -0.3 is 18.0 Å². The van der Waals surface area contributed by atoms with Crippen molar-refractivity contribution < 1.29 is 8.83 Å². The highest BCUT2D eigenvalue weighted by molar-refractivity contribution is 6.17. The molecule has 8 heterocycles. The van der Waals surface area contributed by atoms with Gasteiger partial charge >= 0.3 is 0 Å². The molecule has 8 aromatic heterocycles. The Labute approximate surface area is 778 Å². The maximum atomic E-state index is 6.99. The quantitative estimate of drug-likeness (QED) is 0.0836. The number of furan rings is 2. The molecule has 0 radical (unpaired) electrons. The van der Waals surface area contributed by atoms with E-state index in [1.807, 2.05) is 194 Å². The van der Waals surface area contributed by atoms with Crippen LogP contribution in [-0.4, -0.2) is 68.9 Å². The summed E-state index contributed by atoms with van der Waals surface area (Å²) in [5.41, 5.74) is 24.3. The topological polar surface area (TPSA) is 191 Å². The molecule has 0 bridgehead atoms. The first kappa shape index (κ1) is 78.3. The molecule has 0 aliphatic carbocycles. The summed E-state index contributed by atoms with van der Waals surface area (Å²) in [6.45, 7) is 0. The third-order valence-electron chi connectivity index (χ3n) is 25.6. The molecule has 0 aliphatic rings. The molecule has 18 aromatic carbocycles. The normalized spacial score (nSPS) is 11.7. The number of benzene rings is 18. The number of hydrogen-bond acceptors (Lipinski definition) is 14. The van der Waals surface area contributed by atoms with Crippen LogP contribution >= 0.6 is 0 Å². The van der Waals surface area contributed by atoms with Crippen LogP contribution in [-0.2, 0) is 0 Å². The number of nitrogens with zero attached hydrogens (tertiary/aromatic N) is 14. The van der Waals surface area contributed by atoms with E-state index in [0.717, 1.165) is 171 Å². The van der Waals surface area contributed by atoms with E-state index in [9.17, 15) is 0 Å². The van der Waals surface area contributed by atoms with Crippen molar-refractivity contribution in [3.05, 3.63) is 437 Å². The van der Waals surface area contributed by atoms with Gasteiger partial charge in [-0.15, -0.1) is 0 Å². The van der Waals surface area contributed by atoms with Gasteiger partial charge in [-0.1, -0.05) is 340 Å². The van der Waals surface area contributed by atoms with Gasteiger partial charge in [0.1, 0.15) is 22.3 Å². The second-order valence-electron chi connectivity index (χ2n) is 33.8. The van der Waals surface area contributed by atoms with Crippen molar-refractivity contribution in [2.45, 2.75) is 0 Å². The van der Waals surface area contributed by atoms with Crippen LogP contribution in [0.25, 0.3) is 269 Å². The largest absolute Gasteiger partial charge is 0.456 e. The van der Waals surface area contributed by atoms with E-state index < -0.39 is 0 Å². The van der Waals surface area contributed by atoms with E-state index in [1.165, 1.54) is 0 Å². The second kappa shape index (κ2) is 32.7. The fraction of sp³-hybridized carbons (Fsp3) is 0. The molecular formula is C120H72N14O2. The molecule has 16 nitrogen and oxygen atoms in total. The summed E-state index contributed by atoms with van der Waals surface area (Å²) in [7, 11) is 0. The zero-order valence-corrected chi connectivity index (χ0v) is 72.6. The lowest BCUT2D eigenvalue weighted by Gasteiger charge is -2.17. The lowest BCUT2D eigenvalue weighted by Crippen LogP contribution is -2.05. The third kappa shape index (κ3) is 13.9. The van der Waals surface area contributed by atoms with E-state index in [-0.39, 0.29) is 0 Å². The fourth-order valence-electron chi connectivity index (χ4n) is 19.1. The average Bonchev–Trinajstić information content (AvgIpc) is 1.50. The summed E-state index contributed by atoms with van der Waals surface area (Å²) in [5, 5.41) is 8.30. The minimum atomic E-state index is 0.438. The summed E-state index contributed by atoms with van der Waals surface area (Å²) in [4.78, 5) is 64.5. The molecule has 0 N–H and O–H groups in total. The van der Waals surface area contributed by atoms with E-state index >= 15 is 0 Å². The molecule has 0 unspecified atom stereocenters. The van der Waals surface area contributed by atoms with Gasteiger partial charge in [-0.05, 0) is 130 Å². The predicted molar refractivity (Wildman–Crippen MR) is 545 cm³/mol. The second-order valence-corrected chi connectivity index (χ2v) is 33.8. The lowest BCUT2D eigenvalue weighted by atomic mass is 9.99. The van der Waals surface area contributed by atoms with Crippen molar-refractivity contribution in [1.29, 1.82) is 0 Å². The summed E-state index contributed by atoms with van der Waals surface area (Å²) >= 11 is 0. The van der Waals surface area contributed by atoms with Crippen LogP contribution in [0.1, 0.15) is 0 Å². The van der Waals surface area contributed by atoms with Gasteiger partial charge in [-0.3, -0.25) is 0 Å². The minimum Gasteiger partial charge on any atom is -0.456 e. The molecule has 136 heavy (non-hydrogen) atoms. The summed E-state index contributed by atoms with van der Waals surface area (Å²) < 4.78 is 18.3. The van der Waals surface area contributed by atoms with Crippen LogP contribution in [0.15, 0.2) is 446 Å². The minimum absolute atomic E-state index is 0.438. The highest BCUT2D eigenvalue weighted by Crippen LogP contribution is 2.47. The number of para-hydroxylation sites is 4. The van der Waals surface area contributed by atoms with Crippen LogP contribution in [0.5, 0.6) is 0 Å². The number of fused-ring (bicyclic) bond motifs is 12. The van der Waals surface area contributed by atoms with Gasteiger partial charge in [0, 0.05) is 104 Å². The predicted octanol–water partition coefficient (Wildman–Crippen LogP) is 29.4. The molecule has 26 rings (SSSR count). The summed E-state index contributed by atoms with van der Waals surface area (Å²) in [6.07, 6.45) is 0. The van der Waals surface area contributed by atoms with E-state index in [4.69, 9.17) is 68.6 Å². The first-order chi connectivity index (χ1) is 67.4. The smallest absolute Gasteiger partial charge is 0.167 e. The molecule has 0 fully saturated rings. The molecule has 26 aromatic rings. The number of aromatic nitrogens is 14. The summed E-state index contributed by atoms with van der Waals surface area (Å²) in [5.74, 6) is 5.77. The maximum absolute atomic E-state index is 6.99. The molecule has 0 spiro atoms. The van der Waals surface area contributed by atoms with Gasteiger partial charge in [0.25, 0.3) is 0 Å². The standard InChI is InChI=1S/C120H72N14O2/c1-8-30-73(31-9-1)82-58-63-89-88-44-22-25-50-98(88)134(103(89)70-82)101-67-62-85(116-125-113(80-42-20-7-21-43-80)127-118(132-116)95-49-28-48-93-90-45-24-27-53-104(90)136-108(93)95)69-97(101)120-130-112(79-40-18-6-19-41-79)122-114(131-120)81-56-54-74(55-57-81)83-59-64-91-92-65-60-86(72-106(92)135-105(91)71-83)117-124-109(76-34-12-3-13-35-76)123-115(126-117)84-61-66-100(133-99-51-26-23-46-94(99)107-87(47-29-52-102(107)133)75-32-10-2-11-33-75)96(68-84)119-128-110(77-36-14-4-15-37-77)121-111(129-119)78-38-16-5-17-39-78/h1-72H. The number of rotatable bonds is 17. The summed E-state index contributed by atoms with van der Waals surface area (Å²) in [6, 6.07) is 150. The highest BCUT2D eigenvalue weighted by atomic mass is 16.3. The Balaban J connectivity index is 0.590. The van der Waals surface area contributed by atoms with Crippen molar-refractivity contribution in [1.82, 2.24) is 68.9 Å². The van der Waals surface area contributed by atoms with E-state index in [0.29, 0.717) is 97.8 Å². The Hall–Kier alpha value is -18.8.